The third-order valence-corrected chi connectivity index (χ3v) is 5.59. The molecule has 2 rings (SSSR count). The Kier molecular flexibility index (Phi) is 4.77. The summed E-state index contributed by atoms with van der Waals surface area (Å²) in [4.78, 5) is 27.0. The number of carboxylic acids is 1. The van der Waals surface area contributed by atoms with E-state index in [2.05, 4.69) is 4.90 Å². The number of hydrogen-bond acceptors (Lipinski definition) is 6. The molecule has 0 unspecified atom stereocenters. The number of amides is 1. The van der Waals surface area contributed by atoms with Crippen LogP contribution in [0, 0.1) is 0 Å². The van der Waals surface area contributed by atoms with Crippen molar-refractivity contribution in [2.75, 3.05) is 13.1 Å². The minimum atomic E-state index is -0.936. The fourth-order valence-corrected chi connectivity index (χ4v) is 4.48. The van der Waals surface area contributed by atoms with Crippen LogP contribution < -0.4 is 0 Å². The van der Waals surface area contributed by atoms with E-state index in [1.165, 1.54) is 28.4 Å². The number of thioether (sulfide) groups is 2. The van der Waals surface area contributed by atoms with Crippen LogP contribution in [-0.4, -0.2) is 44.2 Å². The first-order valence-electron chi connectivity index (χ1n) is 6.06. The molecule has 0 spiro atoms. The third-order valence-electron chi connectivity index (χ3n) is 2.92. The number of thiocarbonyl (C=S) groups is 1. The van der Waals surface area contributed by atoms with E-state index in [9.17, 15) is 9.59 Å². The molecule has 1 N–H and O–H groups in total. The molecule has 1 amide bonds. The summed E-state index contributed by atoms with van der Waals surface area (Å²) in [5, 5.41) is 11.6. The molecule has 0 bridgehead atoms. The zero-order valence-corrected chi connectivity index (χ0v) is 13.5. The summed E-state index contributed by atoms with van der Waals surface area (Å²) >= 11 is 7.94. The molecule has 0 radical (unpaired) electrons. The summed E-state index contributed by atoms with van der Waals surface area (Å²) in [7, 11) is 0. The zero-order chi connectivity index (χ0) is 14.9. The Labute approximate surface area is 131 Å². The highest BCUT2D eigenvalue weighted by Crippen LogP contribution is 2.43. The second kappa shape index (κ2) is 6.19. The van der Waals surface area contributed by atoms with E-state index in [0.717, 1.165) is 17.3 Å². The number of hydrogen-bond donors (Lipinski definition) is 1. The van der Waals surface area contributed by atoms with Crippen molar-refractivity contribution in [3.63, 3.8) is 0 Å². The highest BCUT2D eigenvalue weighted by atomic mass is 32.2. The average Bonchev–Trinajstić information content (AvgIpc) is 2.88. The van der Waals surface area contributed by atoms with Gasteiger partial charge in [-0.05, 0) is 19.3 Å². The predicted molar refractivity (Wildman–Crippen MR) is 84.9 cm³/mol. The lowest BCUT2D eigenvalue weighted by atomic mass is 10.3. The Hall–Kier alpha value is -0.990. The number of allylic oxidation sites excluding steroid dienone is 1. The summed E-state index contributed by atoms with van der Waals surface area (Å²) in [6, 6.07) is 0. The van der Waals surface area contributed by atoms with E-state index in [1.54, 1.807) is 0 Å². The van der Waals surface area contributed by atoms with Crippen molar-refractivity contribution in [3.05, 3.63) is 21.0 Å². The molecule has 2 aliphatic heterocycles. The summed E-state index contributed by atoms with van der Waals surface area (Å²) in [5.74, 6) is -1.13. The fourth-order valence-electron chi connectivity index (χ4n) is 1.92. The zero-order valence-electron chi connectivity index (χ0n) is 11.1. The standard InChI is InChI=1S/C12H14N2O3S3/c1-3-13-7(2)6-19-11(13)9-10(17)14(12(18)20-9)5-4-8(15)16/h6H,3-5H2,1-2H3,(H,15,16)/b11-9-. The van der Waals surface area contributed by atoms with Gasteiger partial charge in [0.1, 0.15) is 9.23 Å². The van der Waals surface area contributed by atoms with Gasteiger partial charge in [-0.25, -0.2) is 0 Å². The van der Waals surface area contributed by atoms with Crippen molar-refractivity contribution in [1.29, 1.82) is 0 Å². The minimum Gasteiger partial charge on any atom is -0.481 e. The Morgan fingerprint density at radius 1 is 1.45 bits per heavy atom. The molecule has 0 aromatic carbocycles. The molecular weight excluding hydrogens is 316 g/mol. The molecule has 2 aliphatic rings. The highest BCUT2D eigenvalue weighted by molar-refractivity contribution is 8.27. The predicted octanol–water partition coefficient (Wildman–Crippen LogP) is 2.42. The molecule has 0 atom stereocenters. The number of rotatable bonds is 4. The van der Waals surface area contributed by atoms with E-state index < -0.39 is 5.97 Å². The van der Waals surface area contributed by atoms with Crippen molar-refractivity contribution >= 4 is 51.9 Å². The Morgan fingerprint density at radius 2 is 2.15 bits per heavy atom. The van der Waals surface area contributed by atoms with Crippen LogP contribution in [0.3, 0.4) is 0 Å². The van der Waals surface area contributed by atoms with Crippen LogP contribution in [0.1, 0.15) is 20.3 Å². The summed E-state index contributed by atoms with van der Waals surface area (Å²) < 4.78 is 0.431. The van der Waals surface area contributed by atoms with Crippen molar-refractivity contribution in [2.24, 2.45) is 0 Å². The van der Waals surface area contributed by atoms with E-state index in [4.69, 9.17) is 17.3 Å². The second-order valence-electron chi connectivity index (χ2n) is 4.22. The molecule has 2 heterocycles. The van der Waals surface area contributed by atoms with Gasteiger partial charge in [0, 0.05) is 18.8 Å². The fraction of sp³-hybridized carbons (Fsp3) is 0.417. The van der Waals surface area contributed by atoms with Crippen LogP contribution in [0.2, 0.25) is 0 Å². The Bertz CT molecular complexity index is 542. The van der Waals surface area contributed by atoms with Crippen molar-refractivity contribution in [1.82, 2.24) is 9.80 Å². The van der Waals surface area contributed by atoms with Gasteiger partial charge in [-0.1, -0.05) is 35.7 Å². The Morgan fingerprint density at radius 3 is 2.75 bits per heavy atom. The van der Waals surface area contributed by atoms with Crippen LogP contribution in [0.25, 0.3) is 0 Å². The molecule has 20 heavy (non-hydrogen) atoms. The van der Waals surface area contributed by atoms with E-state index in [-0.39, 0.29) is 18.9 Å². The molecule has 1 fully saturated rings. The maximum absolute atomic E-state index is 12.4. The van der Waals surface area contributed by atoms with Crippen LogP contribution in [0.4, 0.5) is 0 Å². The third kappa shape index (κ3) is 2.87. The smallest absolute Gasteiger partial charge is 0.305 e. The number of aliphatic carboxylic acids is 1. The highest BCUT2D eigenvalue weighted by Gasteiger charge is 2.37. The van der Waals surface area contributed by atoms with Gasteiger partial charge in [-0.15, -0.1) is 0 Å². The van der Waals surface area contributed by atoms with Gasteiger partial charge >= 0.3 is 5.97 Å². The average molecular weight is 330 g/mol. The van der Waals surface area contributed by atoms with Crippen molar-refractivity contribution < 1.29 is 14.7 Å². The van der Waals surface area contributed by atoms with E-state index in [0.29, 0.717) is 9.23 Å². The first-order chi connectivity index (χ1) is 9.45. The molecule has 1 saturated heterocycles. The Balaban J connectivity index is 2.22. The van der Waals surface area contributed by atoms with Crippen LogP contribution in [-0.2, 0) is 9.59 Å². The number of carboxylic acid groups (broad SMARTS) is 1. The van der Waals surface area contributed by atoms with Gasteiger partial charge in [0.2, 0.25) is 0 Å². The normalized spacial score (nSPS) is 22.8. The number of carbonyl (C=O) groups excluding carboxylic acids is 1. The minimum absolute atomic E-state index is 0.100. The molecule has 8 heteroatoms. The summed E-state index contributed by atoms with van der Waals surface area (Å²) in [5.41, 5.74) is 1.10. The summed E-state index contributed by atoms with van der Waals surface area (Å²) in [6.07, 6.45) is -0.100. The lowest BCUT2D eigenvalue weighted by molar-refractivity contribution is -0.137. The van der Waals surface area contributed by atoms with Crippen molar-refractivity contribution in [2.45, 2.75) is 20.3 Å². The molecule has 5 nitrogen and oxygen atoms in total. The van der Waals surface area contributed by atoms with Gasteiger partial charge in [0.25, 0.3) is 5.91 Å². The SMILES string of the molecule is CCN1C(C)=CS/C1=C1\SC(=S)N(CCC(=O)O)C1=O. The van der Waals surface area contributed by atoms with Crippen LogP contribution in [0.5, 0.6) is 0 Å². The molecule has 0 aromatic rings. The molecule has 0 saturated carbocycles. The first kappa shape index (κ1) is 15.4. The first-order valence-corrected chi connectivity index (χ1v) is 8.16. The van der Waals surface area contributed by atoms with E-state index in [1.807, 2.05) is 19.3 Å². The largest absolute Gasteiger partial charge is 0.481 e. The maximum Gasteiger partial charge on any atom is 0.305 e. The number of nitrogens with zero attached hydrogens (tertiary/aromatic N) is 2. The molecular formula is C12H14N2O3S3. The van der Waals surface area contributed by atoms with Gasteiger partial charge < -0.3 is 10.0 Å². The summed E-state index contributed by atoms with van der Waals surface area (Å²) in [6.45, 7) is 4.92. The monoisotopic (exact) mass is 330 g/mol. The van der Waals surface area contributed by atoms with Gasteiger partial charge in [0.05, 0.1) is 11.4 Å². The second-order valence-corrected chi connectivity index (χ2v) is 6.73. The molecule has 0 aliphatic carbocycles. The molecule has 108 valence electrons. The van der Waals surface area contributed by atoms with Crippen LogP contribution in [0.15, 0.2) is 21.0 Å². The van der Waals surface area contributed by atoms with Crippen molar-refractivity contribution in [3.8, 4) is 0 Å². The maximum atomic E-state index is 12.4. The van der Waals surface area contributed by atoms with Gasteiger partial charge in [0.15, 0.2) is 0 Å². The lowest BCUT2D eigenvalue weighted by Gasteiger charge is -2.20. The van der Waals surface area contributed by atoms with Crippen LogP contribution >= 0.6 is 35.7 Å². The van der Waals surface area contributed by atoms with Gasteiger partial charge in [-0.3, -0.25) is 14.5 Å². The lowest BCUT2D eigenvalue weighted by Crippen LogP contribution is -2.31. The quantitative estimate of drug-likeness (QED) is 0.627. The number of carbonyl (C=O) groups is 2. The van der Waals surface area contributed by atoms with Gasteiger partial charge in [-0.2, -0.15) is 0 Å². The topological polar surface area (TPSA) is 60.9 Å². The molecule has 0 aromatic heterocycles. The van der Waals surface area contributed by atoms with E-state index >= 15 is 0 Å².